The molecule has 0 bridgehead atoms. The summed E-state index contributed by atoms with van der Waals surface area (Å²) in [4.78, 5) is 0. The van der Waals surface area contributed by atoms with Gasteiger partial charge in [-0.25, -0.2) is 4.57 Å². The molecule has 3 aromatic carbocycles. The lowest BCUT2D eigenvalue weighted by Gasteiger charge is -2.15. The molecule has 5 aromatic rings. The molecular weight excluding hydrogens is 402 g/mol. The van der Waals surface area contributed by atoms with Gasteiger partial charge in [0.15, 0.2) is 6.20 Å². The van der Waals surface area contributed by atoms with Crippen molar-refractivity contribution < 1.29 is 8.98 Å². The highest BCUT2D eigenvalue weighted by molar-refractivity contribution is 6.13. The summed E-state index contributed by atoms with van der Waals surface area (Å²) in [5, 5.41) is 2.37. The molecular formula is C31H30NO+. The first-order valence-electron chi connectivity index (χ1n) is 11.8. The third-order valence-electron chi connectivity index (χ3n) is 7.29. The van der Waals surface area contributed by atoms with E-state index >= 15 is 0 Å². The molecule has 0 spiro atoms. The Morgan fingerprint density at radius 2 is 1.64 bits per heavy atom. The zero-order valence-corrected chi connectivity index (χ0v) is 20.1. The van der Waals surface area contributed by atoms with Crippen LogP contribution >= 0.6 is 0 Å². The molecule has 2 nitrogen and oxygen atoms in total. The first-order valence-corrected chi connectivity index (χ1v) is 11.8. The van der Waals surface area contributed by atoms with Gasteiger partial charge in [0.2, 0.25) is 5.69 Å². The van der Waals surface area contributed by atoms with Crippen LogP contribution in [0.4, 0.5) is 0 Å². The average Bonchev–Trinajstić information content (AvgIpc) is 3.29. The smallest absolute Gasteiger partial charge is 0.216 e. The summed E-state index contributed by atoms with van der Waals surface area (Å²) in [6.07, 6.45) is 4.35. The van der Waals surface area contributed by atoms with Gasteiger partial charge in [-0.3, -0.25) is 0 Å². The van der Waals surface area contributed by atoms with Gasteiger partial charge in [0.1, 0.15) is 18.2 Å². The van der Waals surface area contributed by atoms with Crippen molar-refractivity contribution in [1.29, 1.82) is 0 Å². The lowest BCUT2D eigenvalue weighted by Crippen LogP contribution is -2.30. The van der Waals surface area contributed by atoms with Crippen LogP contribution in [0.5, 0.6) is 0 Å². The van der Waals surface area contributed by atoms with E-state index in [0.29, 0.717) is 5.41 Å². The van der Waals surface area contributed by atoms with Crippen molar-refractivity contribution in [3.05, 3.63) is 89.1 Å². The lowest BCUT2D eigenvalue weighted by molar-refractivity contribution is -0.660. The van der Waals surface area contributed by atoms with Crippen LogP contribution in [-0.2, 0) is 19.9 Å². The minimum atomic E-state index is 0.305. The molecule has 2 heterocycles. The summed E-state index contributed by atoms with van der Waals surface area (Å²) in [5.74, 6) is 0. The van der Waals surface area contributed by atoms with Crippen LogP contribution in [0, 0.1) is 19.3 Å². The second-order valence-corrected chi connectivity index (χ2v) is 10.6. The number of furan rings is 1. The number of aromatic nitrogens is 1. The van der Waals surface area contributed by atoms with Crippen molar-refractivity contribution in [2.75, 3.05) is 0 Å². The Morgan fingerprint density at radius 3 is 2.45 bits per heavy atom. The lowest BCUT2D eigenvalue weighted by atomic mass is 9.89. The predicted octanol–water partition coefficient (Wildman–Crippen LogP) is 7.49. The van der Waals surface area contributed by atoms with E-state index in [1.807, 2.05) is 0 Å². The summed E-state index contributed by atoms with van der Waals surface area (Å²) >= 11 is 0. The molecule has 164 valence electrons. The average molecular weight is 433 g/mol. The van der Waals surface area contributed by atoms with Gasteiger partial charge in [-0.15, -0.1) is 0 Å². The van der Waals surface area contributed by atoms with E-state index in [-0.39, 0.29) is 0 Å². The third-order valence-corrected chi connectivity index (χ3v) is 7.29. The molecule has 0 amide bonds. The second kappa shape index (κ2) is 7.05. The number of rotatable bonds is 2. The van der Waals surface area contributed by atoms with Gasteiger partial charge in [-0.05, 0) is 60.4 Å². The first-order chi connectivity index (χ1) is 15.8. The zero-order valence-electron chi connectivity index (χ0n) is 20.1. The fraction of sp³-hybridized carbons (Fsp3) is 0.258. The van der Waals surface area contributed by atoms with Gasteiger partial charge in [0.05, 0.1) is 5.56 Å². The van der Waals surface area contributed by atoms with Gasteiger partial charge in [0.25, 0.3) is 0 Å². The number of pyridine rings is 1. The summed E-state index contributed by atoms with van der Waals surface area (Å²) in [6, 6.07) is 22.1. The molecule has 0 saturated heterocycles. The molecule has 2 heteroatoms. The zero-order chi connectivity index (χ0) is 22.9. The van der Waals surface area contributed by atoms with E-state index in [4.69, 9.17) is 4.42 Å². The van der Waals surface area contributed by atoms with Crippen molar-refractivity contribution >= 4 is 21.9 Å². The fourth-order valence-electron chi connectivity index (χ4n) is 5.83. The maximum Gasteiger partial charge on any atom is 0.216 e. The van der Waals surface area contributed by atoms with Gasteiger partial charge >= 0.3 is 0 Å². The maximum atomic E-state index is 6.80. The normalized spacial score (nSPS) is 14.8. The van der Waals surface area contributed by atoms with E-state index in [0.717, 1.165) is 24.0 Å². The summed E-state index contributed by atoms with van der Waals surface area (Å²) < 4.78 is 8.97. The van der Waals surface area contributed by atoms with Crippen LogP contribution in [-0.4, -0.2) is 0 Å². The summed E-state index contributed by atoms with van der Waals surface area (Å²) in [5.41, 5.74) is 12.7. The van der Waals surface area contributed by atoms with E-state index in [9.17, 15) is 0 Å². The quantitative estimate of drug-likeness (QED) is 0.264. The van der Waals surface area contributed by atoms with Crippen molar-refractivity contribution in [1.82, 2.24) is 0 Å². The second-order valence-electron chi connectivity index (χ2n) is 10.6. The summed E-state index contributed by atoms with van der Waals surface area (Å²) in [7, 11) is 2.10. The van der Waals surface area contributed by atoms with Gasteiger partial charge in [-0.2, -0.15) is 0 Å². The number of fused-ring (bicyclic) bond motifs is 4. The van der Waals surface area contributed by atoms with Crippen LogP contribution < -0.4 is 4.57 Å². The standard InChI is InChI=1S/C31H30NO/c1-19-15-21-17-31(3,4)18-26(21)25(16-19)23-10-8-9-22-24-13-12-20(2)28(30(24)33-29(22)23)27-11-6-7-14-32(27)5/h6-16H,17-18H2,1-5H3/q+1. The Kier molecular flexibility index (Phi) is 4.32. The number of benzene rings is 3. The van der Waals surface area contributed by atoms with Crippen LogP contribution in [0.25, 0.3) is 44.3 Å². The molecule has 0 N–H and O–H groups in total. The third kappa shape index (κ3) is 3.12. The van der Waals surface area contributed by atoms with Crippen LogP contribution in [0.2, 0.25) is 0 Å². The molecule has 0 aliphatic heterocycles. The van der Waals surface area contributed by atoms with E-state index in [2.05, 4.69) is 106 Å². The van der Waals surface area contributed by atoms with Crippen LogP contribution in [0.1, 0.15) is 36.1 Å². The molecule has 0 unspecified atom stereocenters. The number of aryl methyl sites for hydroxylation is 3. The number of para-hydroxylation sites is 1. The molecule has 0 fully saturated rings. The van der Waals surface area contributed by atoms with Gasteiger partial charge in [-0.1, -0.05) is 61.9 Å². The minimum Gasteiger partial charge on any atom is -0.454 e. The molecule has 0 saturated carbocycles. The van der Waals surface area contributed by atoms with Crippen molar-refractivity contribution in [3.8, 4) is 22.4 Å². The monoisotopic (exact) mass is 432 g/mol. The molecule has 0 atom stereocenters. The topological polar surface area (TPSA) is 17.0 Å². The van der Waals surface area contributed by atoms with Gasteiger partial charge in [0, 0.05) is 28.5 Å². The van der Waals surface area contributed by atoms with Crippen LogP contribution in [0.15, 0.2) is 71.3 Å². The molecule has 6 rings (SSSR count). The molecule has 1 aliphatic carbocycles. The number of hydrogen-bond donors (Lipinski definition) is 0. The Hall–Kier alpha value is -3.39. The van der Waals surface area contributed by atoms with E-state index in [1.165, 1.54) is 55.4 Å². The molecule has 2 aromatic heterocycles. The van der Waals surface area contributed by atoms with Crippen LogP contribution in [0.3, 0.4) is 0 Å². The largest absolute Gasteiger partial charge is 0.454 e. The predicted molar refractivity (Wildman–Crippen MR) is 136 cm³/mol. The molecule has 1 aliphatic rings. The minimum absolute atomic E-state index is 0.305. The first kappa shape index (κ1) is 20.2. The van der Waals surface area contributed by atoms with Gasteiger partial charge < -0.3 is 4.42 Å². The number of hydrogen-bond acceptors (Lipinski definition) is 1. The van der Waals surface area contributed by atoms with Crippen molar-refractivity contribution in [2.45, 2.75) is 40.5 Å². The Labute approximate surface area is 195 Å². The molecule has 0 radical (unpaired) electrons. The van der Waals surface area contributed by atoms with Crippen molar-refractivity contribution in [3.63, 3.8) is 0 Å². The Bertz CT molecular complexity index is 1570. The van der Waals surface area contributed by atoms with Crippen molar-refractivity contribution in [2.24, 2.45) is 12.5 Å². The maximum absolute atomic E-state index is 6.80. The highest BCUT2D eigenvalue weighted by Crippen LogP contribution is 2.45. The van der Waals surface area contributed by atoms with E-state index in [1.54, 1.807) is 0 Å². The fourth-order valence-corrected chi connectivity index (χ4v) is 5.83. The Morgan fingerprint density at radius 1 is 0.818 bits per heavy atom. The molecule has 33 heavy (non-hydrogen) atoms. The number of nitrogens with zero attached hydrogens (tertiary/aromatic N) is 1. The van der Waals surface area contributed by atoms with E-state index < -0.39 is 0 Å². The highest BCUT2D eigenvalue weighted by Gasteiger charge is 2.31. The Balaban J connectivity index is 1.67. The summed E-state index contributed by atoms with van der Waals surface area (Å²) in [6.45, 7) is 9.14. The SMILES string of the molecule is Cc1cc2c(c(-c3cccc4c3oc3c(-c5cccc[n+]5C)c(C)ccc34)c1)CC(C)(C)C2. The highest BCUT2D eigenvalue weighted by atomic mass is 16.3.